The van der Waals surface area contributed by atoms with Gasteiger partial charge in [-0.3, -0.25) is 14.0 Å². The van der Waals surface area contributed by atoms with Gasteiger partial charge in [-0.25, -0.2) is 4.98 Å². The number of ketones is 1. The molecule has 1 saturated heterocycles. The second-order valence-electron chi connectivity index (χ2n) is 8.23. The molecule has 1 aliphatic heterocycles. The number of carbonyl (C=O) groups excluding carboxylic acids is 2. The molecule has 1 aromatic carbocycles. The van der Waals surface area contributed by atoms with Crippen molar-refractivity contribution in [2.75, 3.05) is 26.9 Å². The molecular weight excluding hydrogens is 434 g/mol. The summed E-state index contributed by atoms with van der Waals surface area (Å²) < 4.78 is 12.5. The van der Waals surface area contributed by atoms with Crippen LogP contribution in [0, 0.1) is 6.92 Å². The number of rotatable bonds is 9. The fraction of sp³-hybridized carbons (Fsp3) is 0.346. The monoisotopic (exact) mass is 463 g/mol. The number of carbonyl (C=O) groups is 2. The Morgan fingerprint density at radius 1 is 1.12 bits per heavy atom. The number of aliphatic hydroxyl groups is 1. The molecule has 3 heterocycles. The summed E-state index contributed by atoms with van der Waals surface area (Å²) in [6, 6.07) is 12.1. The largest absolute Gasteiger partial charge is 0.505 e. The molecule has 1 aliphatic rings. The summed E-state index contributed by atoms with van der Waals surface area (Å²) in [6.07, 6.45) is 3.22. The average Bonchev–Trinajstić information content (AvgIpc) is 3.31. The summed E-state index contributed by atoms with van der Waals surface area (Å²) in [5.74, 6) is -0.878. The lowest BCUT2D eigenvalue weighted by Gasteiger charge is -2.25. The first-order chi connectivity index (χ1) is 16.5. The molecule has 0 radical (unpaired) electrons. The number of aliphatic hydroxyl groups excluding tert-OH is 1. The van der Waals surface area contributed by atoms with Crippen LogP contribution >= 0.6 is 0 Å². The number of methoxy groups -OCH3 is 1. The van der Waals surface area contributed by atoms with Gasteiger partial charge in [-0.1, -0.05) is 25.1 Å². The average molecular weight is 464 g/mol. The standard InChI is InChI=1S/C26H29N3O5/c1-4-15-34-19-11-9-18(10-12-19)23-21(25(31)26(32)29(23)14-7-16-33-3)24(30)22-17(2)27-20-8-5-6-13-28(20)22/h5-6,8-13,23,30H,4,7,14-16H2,1-3H3. The number of aromatic nitrogens is 2. The summed E-state index contributed by atoms with van der Waals surface area (Å²) in [4.78, 5) is 32.3. The molecule has 4 rings (SSSR count). The van der Waals surface area contributed by atoms with E-state index in [0.717, 1.165) is 6.42 Å². The van der Waals surface area contributed by atoms with Crippen LogP contribution in [0.25, 0.3) is 11.4 Å². The number of fused-ring (bicyclic) bond motifs is 1. The van der Waals surface area contributed by atoms with Crippen LogP contribution in [0.1, 0.15) is 42.8 Å². The van der Waals surface area contributed by atoms with Crippen LogP contribution < -0.4 is 4.74 Å². The Morgan fingerprint density at radius 3 is 2.59 bits per heavy atom. The highest BCUT2D eigenvalue weighted by molar-refractivity contribution is 6.46. The highest BCUT2D eigenvalue weighted by atomic mass is 16.5. The normalized spacial score (nSPS) is 17.6. The van der Waals surface area contributed by atoms with Crippen LogP contribution in [-0.2, 0) is 14.3 Å². The minimum absolute atomic E-state index is 0.0541. The lowest BCUT2D eigenvalue weighted by Crippen LogP contribution is -2.31. The second kappa shape index (κ2) is 10.1. The number of aryl methyl sites for hydroxylation is 1. The van der Waals surface area contributed by atoms with E-state index in [2.05, 4.69) is 4.98 Å². The molecule has 8 nitrogen and oxygen atoms in total. The summed E-state index contributed by atoms with van der Waals surface area (Å²) in [7, 11) is 1.59. The minimum Gasteiger partial charge on any atom is -0.505 e. The van der Waals surface area contributed by atoms with Gasteiger partial charge in [0.2, 0.25) is 0 Å². The zero-order chi connectivity index (χ0) is 24.2. The van der Waals surface area contributed by atoms with E-state index >= 15 is 0 Å². The molecule has 1 atom stereocenters. The number of imidazole rings is 1. The van der Waals surface area contributed by atoms with E-state index in [1.807, 2.05) is 49.4 Å². The van der Waals surface area contributed by atoms with Crippen molar-refractivity contribution in [1.82, 2.24) is 14.3 Å². The van der Waals surface area contributed by atoms with Crippen LogP contribution in [0.5, 0.6) is 5.75 Å². The first kappa shape index (κ1) is 23.5. The third kappa shape index (κ3) is 4.28. The van der Waals surface area contributed by atoms with Crippen molar-refractivity contribution in [3.8, 4) is 5.75 Å². The number of nitrogens with zero attached hydrogens (tertiary/aromatic N) is 3. The third-order valence-electron chi connectivity index (χ3n) is 5.88. The Balaban J connectivity index is 1.83. The molecule has 0 spiro atoms. The minimum atomic E-state index is -0.731. The lowest BCUT2D eigenvalue weighted by molar-refractivity contribution is -0.140. The van der Waals surface area contributed by atoms with Gasteiger partial charge in [-0.05, 0) is 49.6 Å². The maximum atomic E-state index is 13.2. The number of likely N-dealkylation sites (tertiary alicyclic amines) is 1. The first-order valence-electron chi connectivity index (χ1n) is 11.4. The summed E-state index contributed by atoms with van der Waals surface area (Å²) in [6.45, 7) is 5.17. The van der Waals surface area contributed by atoms with Gasteiger partial charge in [0.25, 0.3) is 11.7 Å². The Hall–Kier alpha value is -3.65. The van der Waals surface area contributed by atoms with Gasteiger partial charge in [0.05, 0.1) is 23.9 Å². The lowest BCUT2D eigenvalue weighted by atomic mass is 9.96. The Kier molecular flexibility index (Phi) is 6.98. The van der Waals surface area contributed by atoms with Crippen molar-refractivity contribution in [3.05, 3.63) is 71.2 Å². The molecule has 1 fully saturated rings. The van der Waals surface area contributed by atoms with E-state index < -0.39 is 17.7 Å². The van der Waals surface area contributed by atoms with Gasteiger partial charge < -0.3 is 19.5 Å². The molecule has 1 N–H and O–H groups in total. The molecule has 34 heavy (non-hydrogen) atoms. The SMILES string of the molecule is CCCOc1ccc(C2C(=C(O)c3c(C)nc4ccccn34)C(=O)C(=O)N2CCCOC)cc1. The molecule has 0 saturated carbocycles. The Labute approximate surface area is 198 Å². The molecule has 178 valence electrons. The van der Waals surface area contributed by atoms with Crippen molar-refractivity contribution in [2.24, 2.45) is 0 Å². The van der Waals surface area contributed by atoms with E-state index in [-0.39, 0.29) is 11.3 Å². The van der Waals surface area contributed by atoms with Crippen LogP contribution in [0.3, 0.4) is 0 Å². The fourth-order valence-electron chi connectivity index (χ4n) is 4.33. The quantitative estimate of drug-likeness (QED) is 0.224. The maximum Gasteiger partial charge on any atom is 0.295 e. The summed E-state index contributed by atoms with van der Waals surface area (Å²) in [5.41, 5.74) is 2.38. The van der Waals surface area contributed by atoms with E-state index in [0.29, 0.717) is 54.5 Å². The van der Waals surface area contributed by atoms with Crippen LogP contribution in [-0.4, -0.2) is 57.9 Å². The molecule has 0 bridgehead atoms. The summed E-state index contributed by atoms with van der Waals surface area (Å²) >= 11 is 0. The zero-order valence-corrected chi connectivity index (χ0v) is 19.7. The molecule has 1 unspecified atom stereocenters. The van der Waals surface area contributed by atoms with Crippen molar-refractivity contribution >= 4 is 23.1 Å². The van der Waals surface area contributed by atoms with E-state index in [1.165, 1.54) is 4.90 Å². The number of pyridine rings is 1. The maximum absolute atomic E-state index is 13.2. The molecular formula is C26H29N3O5. The van der Waals surface area contributed by atoms with Crippen molar-refractivity contribution in [2.45, 2.75) is 32.7 Å². The van der Waals surface area contributed by atoms with Crippen LogP contribution in [0.4, 0.5) is 0 Å². The van der Waals surface area contributed by atoms with E-state index in [1.54, 1.807) is 24.6 Å². The number of hydrogen-bond donors (Lipinski definition) is 1. The zero-order valence-electron chi connectivity index (χ0n) is 19.7. The van der Waals surface area contributed by atoms with Crippen molar-refractivity contribution in [1.29, 1.82) is 0 Å². The number of amides is 1. The fourth-order valence-corrected chi connectivity index (χ4v) is 4.33. The predicted molar refractivity (Wildman–Crippen MR) is 128 cm³/mol. The number of ether oxygens (including phenoxy) is 2. The van der Waals surface area contributed by atoms with Gasteiger partial charge in [0, 0.05) is 26.5 Å². The smallest absolute Gasteiger partial charge is 0.295 e. The topological polar surface area (TPSA) is 93.4 Å². The molecule has 3 aromatic rings. The van der Waals surface area contributed by atoms with Crippen molar-refractivity contribution in [3.63, 3.8) is 0 Å². The molecule has 0 aliphatic carbocycles. The first-order valence-corrected chi connectivity index (χ1v) is 11.4. The Morgan fingerprint density at radius 2 is 1.88 bits per heavy atom. The van der Waals surface area contributed by atoms with E-state index in [4.69, 9.17) is 9.47 Å². The third-order valence-corrected chi connectivity index (χ3v) is 5.88. The van der Waals surface area contributed by atoms with Gasteiger partial charge in [-0.15, -0.1) is 0 Å². The van der Waals surface area contributed by atoms with Gasteiger partial charge >= 0.3 is 0 Å². The molecule has 2 aromatic heterocycles. The van der Waals surface area contributed by atoms with Crippen molar-refractivity contribution < 1.29 is 24.2 Å². The number of hydrogen-bond acceptors (Lipinski definition) is 6. The number of Topliss-reactive ketones (excluding diaryl/α,β-unsaturated/α-hetero) is 1. The highest BCUT2D eigenvalue weighted by Crippen LogP contribution is 2.40. The van der Waals surface area contributed by atoms with Gasteiger partial charge in [0.1, 0.15) is 17.1 Å². The highest BCUT2D eigenvalue weighted by Gasteiger charge is 2.46. The van der Waals surface area contributed by atoms with Crippen LogP contribution in [0.15, 0.2) is 54.2 Å². The predicted octanol–water partition coefficient (Wildman–Crippen LogP) is 3.89. The van der Waals surface area contributed by atoms with Gasteiger partial charge in [-0.2, -0.15) is 0 Å². The van der Waals surface area contributed by atoms with E-state index in [9.17, 15) is 14.7 Å². The second-order valence-corrected chi connectivity index (χ2v) is 8.23. The van der Waals surface area contributed by atoms with Gasteiger partial charge in [0.15, 0.2) is 5.76 Å². The molecule has 8 heteroatoms. The number of benzene rings is 1. The summed E-state index contributed by atoms with van der Waals surface area (Å²) in [5, 5.41) is 11.4. The molecule has 1 amide bonds. The Bertz CT molecular complexity index is 1230. The van der Waals surface area contributed by atoms with Crippen LogP contribution in [0.2, 0.25) is 0 Å².